The number of benzene rings is 3. The Bertz CT molecular complexity index is 1320. The Hall–Kier alpha value is -2.97. The van der Waals surface area contributed by atoms with Crippen LogP contribution in [0.4, 0.5) is 10.5 Å². The average molecular weight is 547 g/mol. The van der Waals surface area contributed by atoms with Gasteiger partial charge in [-0.3, -0.25) is 0 Å². The third kappa shape index (κ3) is 6.35. The molecule has 1 saturated heterocycles. The number of nitrogens with one attached hydrogen (secondary N) is 1. The molecule has 2 aliphatic rings. The molecule has 2 amide bonds. The number of anilines is 1. The second-order valence-corrected chi connectivity index (χ2v) is 11.6. The zero-order valence-corrected chi connectivity index (χ0v) is 23.2. The number of hydrogen-bond donors (Lipinski definition) is 1. The number of terminal acetylenes is 1. The Kier molecular flexibility index (Phi) is 8.00. The van der Waals surface area contributed by atoms with Crippen molar-refractivity contribution in [2.24, 2.45) is 5.92 Å². The van der Waals surface area contributed by atoms with E-state index in [1.165, 1.54) is 24.9 Å². The van der Waals surface area contributed by atoms with Crippen LogP contribution in [0, 0.1) is 18.3 Å². The van der Waals surface area contributed by atoms with Gasteiger partial charge in [0.1, 0.15) is 0 Å². The van der Waals surface area contributed by atoms with Crippen molar-refractivity contribution in [1.82, 2.24) is 9.80 Å². The van der Waals surface area contributed by atoms with Gasteiger partial charge in [-0.15, -0.1) is 6.42 Å². The number of rotatable bonds is 7. The fourth-order valence-electron chi connectivity index (χ4n) is 5.54. The summed E-state index contributed by atoms with van der Waals surface area (Å²) in [5, 5.41) is 3.94. The smallest absolute Gasteiger partial charge is 0.321 e. The summed E-state index contributed by atoms with van der Waals surface area (Å²) in [6, 6.07) is 21.8. The quantitative estimate of drug-likeness (QED) is 0.311. The Balaban J connectivity index is 1.36. The molecule has 38 heavy (non-hydrogen) atoms. The lowest BCUT2D eigenvalue weighted by Crippen LogP contribution is -2.50. The van der Waals surface area contributed by atoms with Gasteiger partial charge >= 0.3 is 6.03 Å². The van der Waals surface area contributed by atoms with Crippen LogP contribution in [0.2, 0.25) is 10.0 Å². The van der Waals surface area contributed by atoms with E-state index in [0.29, 0.717) is 22.3 Å². The van der Waals surface area contributed by atoms with E-state index in [1.807, 2.05) is 25.2 Å². The maximum atomic E-state index is 13.2. The van der Waals surface area contributed by atoms with Crippen molar-refractivity contribution in [2.45, 2.75) is 31.1 Å². The largest absolute Gasteiger partial charge is 0.327 e. The molecule has 3 aromatic rings. The van der Waals surface area contributed by atoms with Crippen molar-refractivity contribution < 1.29 is 4.79 Å². The molecule has 1 aliphatic heterocycles. The van der Waals surface area contributed by atoms with Gasteiger partial charge in [0, 0.05) is 46.8 Å². The van der Waals surface area contributed by atoms with E-state index < -0.39 is 0 Å². The van der Waals surface area contributed by atoms with Crippen molar-refractivity contribution in [3.05, 3.63) is 87.9 Å². The maximum absolute atomic E-state index is 13.2. The highest BCUT2D eigenvalue weighted by Gasteiger charge is 2.39. The van der Waals surface area contributed by atoms with Gasteiger partial charge < -0.3 is 15.1 Å². The topological polar surface area (TPSA) is 35.6 Å². The summed E-state index contributed by atoms with van der Waals surface area (Å²) in [4.78, 5) is 17.6. The molecule has 1 saturated carbocycles. The first-order chi connectivity index (χ1) is 18.3. The Morgan fingerprint density at radius 2 is 1.71 bits per heavy atom. The van der Waals surface area contributed by atoms with Crippen LogP contribution in [0.25, 0.3) is 11.1 Å². The van der Waals surface area contributed by atoms with Crippen LogP contribution in [0.15, 0.2) is 66.7 Å². The second kappa shape index (κ2) is 11.4. The van der Waals surface area contributed by atoms with Gasteiger partial charge in [0.2, 0.25) is 0 Å². The van der Waals surface area contributed by atoms with Crippen LogP contribution >= 0.6 is 23.2 Å². The first-order valence-corrected chi connectivity index (χ1v) is 14.0. The number of carbonyl (C=O) groups excluding carboxylic acids is 1. The molecular weight excluding hydrogens is 513 g/mol. The molecule has 3 aromatic carbocycles. The maximum Gasteiger partial charge on any atom is 0.321 e. The first kappa shape index (κ1) is 26.6. The standard InChI is InChI=1S/C32H33Cl2N3O/c1-3-23-5-4-6-26(17-23)25-9-11-27(12-10-25)32(13-15-37(16-14-32)21-24-7-8-24)22-36(2)31(38)35-30-19-28(33)18-29(34)20-30/h1,4-6,9-12,17-20,24H,7-8,13-16,21-22H2,2H3,(H,35,38). The SMILES string of the molecule is C#Cc1cccc(-c2ccc(C3(CN(C)C(=O)Nc4cc(Cl)cc(Cl)c4)CCN(CC4CC4)CC3)cc2)c1. The average Bonchev–Trinajstić information content (AvgIpc) is 3.73. The van der Waals surface area contributed by atoms with Crippen LogP contribution < -0.4 is 5.32 Å². The van der Waals surface area contributed by atoms with Gasteiger partial charge in [-0.05, 0) is 91.7 Å². The fourth-order valence-corrected chi connectivity index (χ4v) is 6.07. The number of likely N-dealkylation sites (tertiary alicyclic amines) is 1. The van der Waals surface area contributed by atoms with Crippen molar-refractivity contribution in [3.8, 4) is 23.5 Å². The molecule has 5 rings (SSSR count). The molecule has 1 aliphatic carbocycles. The van der Waals surface area contributed by atoms with E-state index >= 15 is 0 Å². The molecule has 1 N–H and O–H groups in total. The van der Waals surface area contributed by atoms with E-state index in [9.17, 15) is 4.79 Å². The summed E-state index contributed by atoms with van der Waals surface area (Å²) in [6.07, 6.45) is 10.3. The van der Waals surface area contributed by atoms with Crippen LogP contribution in [-0.2, 0) is 5.41 Å². The fraction of sp³-hybridized carbons (Fsp3) is 0.344. The van der Waals surface area contributed by atoms with Crippen molar-refractivity contribution >= 4 is 34.9 Å². The van der Waals surface area contributed by atoms with E-state index in [2.05, 4.69) is 46.5 Å². The number of likely N-dealkylation sites (N-methyl/N-ethyl adjacent to an activating group) is 1. The van der Waals surface area contributed by atoms with Gasteiger partial charge in [-0.25, -0.2) is 4.79 Å². The van der Waals surface area contributed by atoms with Gasteiger partial charge in [-0.2, -0.15) is 0 Å². The van der Waals surface area contributed by atoms with Gasteiger partial charge in [0.15, 0.2) is 0 Å². The number of amides is 2. The second-order valence-electron chi connectivity index (χ2n) is 10.8. The molecule has 0 radical (unpaired) electrons. The monoisotopic (exact) mass is 545 g/mol. The summed E-state index contributed by atoms with van der Waals surface area (Å²) < 4.78 is 0. The highest BCUT2D eigenvalue weighted by molar-refractivity contribution is 6.35. The number of carbonyl (C=O) groups is 1. The Morgan fingerprint density at radius 1 is 1.03 bits per heavy atom. The molecule has 0 atom stereocenters. The third-order valence-corrected chi connectivity index (χ3v) is 8.32. The van der Waals surface area contributed by atoms with E-state index in [-0.39, 0.29) is 11.4 Å². The van der Waals surface area contributed by atoms with Gasteiger partial charge in [0.25, 0.3) is 0 Å². The summed E-state index contributed by atoms with van der Waals surface area (Å²) in [5.74, 6) is 3.59. The van der Waals surface area contributed by atoms with E-state index in [1.54, 1.807) is 23.1 Å². The number of hydrogen-bond acceptors (Lipinski definition) is 2. The lowest BCUT2D eigenvalue weighted by molar-refractivity contribution is 0.129. The lowest BCUT2D eigenvalue weighted by Gasteiger charge is -2.44. The highest BCUT2D eigenvalue weighted by Crippen LogP contribution is 2.39. The predicted molar refractivity (Wildman–Crippen MR) is 158 cm³/mol. The zero-order valence-electron chi connectivity index (χ0n) is 21.7. The molecule has 1 heterocycles. The number of nitrogens with zero attached hydrogens (tertiary/aromatic N) is 2. The summed E-state index contributed by atoms with van der Waals surface area (Å²) in [6.45, 7) is 3.91. The Labute approximate surface area is 235 Å². The molecule has 196 valence electrons. The molecule has 0 aromatic heterocycles. The van der Waals surface area contributed by atoms with Crippen LogP contribution in [0.5, 0.6) is 0 Å². The van der Waals surface area contributed by atoms with Gasteiger partial charge in [0.05, 0.1) is 0 Å². The molecular formula is C32H33Cl2N3O. The molecule has 4 nitrogen and oxygen atoms in total. The first-order valence-electron chi connectivity index (χ1n) is 13.2. The molecule has 2 fully saturated rings. The van der Waals surface area contributed by atoms with Crippen molar-refractivity contribution in [3.63, 3.8) is 0 Å². The highest BCUT2D eigenvalue weighted by atomic mass is 35.5. The van der Waals surface area contributed by atoms with E-state index in [0.717, 1.165) is 48.5 Å². The number of piperidine rings is 1. The predicted octanol–water partition coefficient (Wildman–Crippen LogP) is 7.55. The summed E-state index contributed by atoms with van der Waals surface area (Å²) in [7, 11) is 1.86. The van der Waals surface area contributed by atoms with Gasteiger partial charge in [-0.1, -0.05) is 65.5 Å². The van der Waals surface area contributed by atoms with Crippen LogP contribution in [0.3, 0.4) is 0 Å². The minimum absolute atomic E-state index is 0.128. The van der Waals surface area contributed by atoms with Crippen LogP contribution in [0.1, 0.15) is 36.8 Å². The minimum atomic E-state index is -0.175. The lowest BCUT2D eigenvalue weighted by atomic mass is 9.72. The molecule has 0 bridgehead atoms. The molecule has 0 unspecified atom stereocenters. The van der Waals surface area contributed by atoms with Crippen molar-refractivity contribution in [1.29, 1.82) is 0 Å². The number of urea groups is 1. The number of halogens is 2. The minimum Gasteiger partial charge on any atom is -0.327 e. The van der Waals surface area contributed by atoms with E-state index in [4.69, 9.17) is 29.6 Å². The molecule has 0 spiro atoms. The third-order valence-electron chi connectivity index (χ3n) is 7.89. The van der Waals surface area contributed by atoms with Crippen molar-refractivity contribution in [2.75, 3.05) is 38.5 Å². The molecule has 6 heteroatoms. The van der Waals surface area contributed by atoms with Crippen LogP contribution in [-0.4, -0.2) is 49.1 Å². The normalized spacial score (nSPS) is 17.0. The Morgan fingerprint density at radius 3 is 2.34 bits per heavy atom. The summed E-state index contributed by atoms with van der Waals surface area (Å²) >= 11 is 12.3. The summed E-state index contributed by atoms with van der Waals surface area (Å²) in [5.41, 5.74) is 4.85. The zero-order chi connectivity index (χ0) is 26.7.